The van der Waals surface area contributed by atoms with Crippen molar-refractivity contribution in [1.82, 2.24) is 14.7 Å². The molecule has 3 fully saturated rings. The van der Waals surface area contributed by atoms with E-state index in [4.69, 9.17) is 0 Å². The van der Waals surface area contributed by atoms with Crippen LogP contribution < -0.4 is 0 Å². The maximum Gasteiger partial charge on any atom is 0.248 e. The number of hydrogen-bond acceptors (Lipinski definition) is 4. The third-order valence-corrected chi connectivity index (χ3v) is 7.49. The number of piperazine rings is 1. The van der Waals surface area contributed by atoms with Crippen molar-refractivity contribution in [3.8, 4) is 0 Å². The van der Waals surface area contributed by atoms with Crippen molar-refractivity contribution in [2.75, 3.05) is 26.2 Å². The summed E-state index contributed by atoms with van der Waals surface area (Å²) in [6.45, 7) is 8.47. The third kappa shape index (κ3) is 4.14. The number of nitrogens with zero attached hydrogens (tertiary/aromatic N) is 3. The first-order valence-electron chi connectivity index (χ1n) is 11.8. The summed E-state index contributed by atoms with van der Waals surface area (Å²) >= 11 is 0. The number of likely N-dealkylation sites (tertiary alicyclic amines) is 1. The van der Waals surface area contributed by atoms with E-state index in [0.29, 0.717) is 32.0 Å². The van der Waals surface area contributed by atoms with Crippen molar-refractivity contribution < 1.29 is 14.4 Å². The minimum absolute atomic E-state index is 0.00148. The van der Waals surface area contributed by atoms with E-state index < -0.39 is 5.54 Å². The maximum atomic E-state index is 13.7. The Balaban J connectivity index is 1.58. The number of amides is 2. The Bertz CT molecular complexity index is 836. The van der Waals surface area contributed by atoms with E-state index in [-0.39, 0.29) is 29.7 Å². The molecule has 31 heavy (non-hydrogen) atoms. The second-order valence-electron chi connectivity index (χ2n) is 9.59. The predicted molar refractivity (Wildman–Crippen MR) is 119 cm³/mol. The smallest absolute Gasteiger partial charge is 0.248 e. The Morgan fingerprint density at radius 3 is 2.45 bits per heavy atom. The fraction of sp³-hybridized carbons (Fsp3) is 0.640. The average Bonchev–Trinajstić information content (AvgIpc) is 3.46. The van der Waals surface area contributed by atoms with E-state index in [1.807, 2.05) is 34.9 Å². The Kier molecular flexibility index (Phi) is 6.20. The van der Waals surface area contributed by atoms with E-state index in [9.17, 15) is 14.4 Å². The second-order valence-corrected chi connectivity index (χ2v) is 9.59. The number of carbonyl (C=O) groups is 3. The van der Waals surface area contributed by atoms with Gasteiger partial charge in [0.05, 0.1) is 6.04 Å². The number of hydrogen-bond donors (Lipinski definition) is 0. The summed E-state index contributed by atoms with van der Waals surface area (Å²) in [6, 6.07) is 10.2. The lowest BCUT2D eigenvalue weighted by molar-refractivity contribution is -0.156. The molecule has 2 amide bonds. The predicted octanol–water partition coefficient (Wildman–Crippen LogP) is 2.51. The van der Waals surface area contributed by atoms with Crippen LogP contribution in [0.25, 0.3) is 0 Å². The van der Waals surface area contributed by atoms with E-state index >= 15 is 0 Å². The van der Waals surface area contributed by atoms with Crippen molar-refractivity contribution in [3.05, 3.63) is 35.9 Å². The molecule has 6 heteroatoms. The topological polar surface area (TPSA) is 60.9 Å². The van der Waals surface area contributed by atoms with Gasteiger partial charge in [-0.2, -0.15) is 0 Å². The molecule has 0 bridgehead atoms. The zero-order chi connectivity index (χ0) is 22.2. The standard InChI is InChI=1S/C25H35N3O3/c1-4-22(30)28-15-14-27(24(31)25(28)11-12-25)21(16-20-8-6-5-7-9-20)17-26-13-10-18(2)23(26)19(3)29/h5-9,18,21,23H,4,10-17H2,1-3H3/t18-,21+,23+/m1/s1. The van der Waals surface area contributed by atoms with Crippen LogP contribution in [0, 0.1) is 5.92 Å². The maximum absolute atomic E-state index is 13.7. The molecule has 2 heterocycles. The highest BCUT2D eigenvalue weighted by Crippen LogP contribution is 2.46. The molecule has 0 unspecified atom stereocenters. The monoisotopic (exact) mass is 425 g/mol. The second kappa shape index (κ2) is 8.73. The van der Waals surface area contributed by atoms with Gasteiger partial charge in [-0.15, -0.1) is 0 Å². The average molecular weight is 426 g/mol. The molecule has 0 radical (unpaired) electrons. The Morgan fingerprint density at radius 1 is 1.13 bits per heavy atom. The van der Waals surface area contributed by atoms with Gasteiger partial charge in [-0.05, 0) is 50.6 Å². The Morgan fingerprint density at radius 2 is 1.84 bits per heavy atom. The first-order chi connectivity index (χ1) is 14.9. The first-order valence-corrected chi connectivity index (χ1v) is 11.8. The van der Waals surface area contributed by atoms with Gasteiger partial charge in [-0.1, -0.05) is 44.2 Å². The fourth-order valence-electron chi connectivity index (χ4n) is 5.73. The molecule has 2 saturated heterocycles. The lowest BCUT2D eigenvalue weighted by Crippen LogP contribution is -2.64. The molecule has 2 aliphatic heterocycles. The van der Waals surface area contributed by atoms with Crippen LogP contribution in [0.3, 0.4) is 0 Å². The summed E-state index contributed by atoms with van der Waals surface area (Å²) in [4.78, 5) is 44.6. The van der Waals surface area contributed by atoms with Gasteiger partial charge in [0.1, 0.15) is 11.3 Å². The minimum atomic E-state index is -0.613. The Hall–Kier alpha value is -2.21. The molecule has 1 spiro atoms. The van der Waals surface area contributed by atoms with E-state index in [1.165, 1.54) is 5.56 Å². The molecule has 1 aliphatic carbocycles. The van der Waals surface area contributed by atoms with Gasteiger partial charge >= 0.3 is 0 Å². The normalized spacial score (nSPS) is 26.4. The van der Waals surface area contributed by atoms with E-state index in [1.54, 1.807) is 6.92 Å². The highest BCUT2D eigenvalue weighted by Gasteiger charge is 2.60. The fourth-order valence-corrected chi connectivity index (χ4v) is 5.73. The molecule has 4 rings (SSSR count). The molecule has 3 aliphatic rings. The third-order valence-electron chi connectivity index (χ3n) is 7.49. The zero-order valence-corrected chi connectivity index (χ0v) is 19.0. The van der Waals surface area contributed by atoms with Gasteiger partial charge in [0.25, 0.3) is 0 Å². The lowest BCUT2D eigenvalue weighted by Gasteiger charge is -2.45. The molecule has 1 aromatic carbocycles. The number of benzene rings is 1. The van der Waals surface area contributed by atoms with Crippen LogP contribution in [0.2, 0.25) is 0 Å². The van der Waals surface area contributed by atoms with Crippen molar-refractivity contribution in [2.24, 2.45) is 5.92 Å². The lowest BCUT2D eigenvalue weighted by atomic mass is 9.97. The highest BCUT2D eigenvalue weighted by atomic mass is 16.2. The number of ketones is 1. The zero-order valence-electron chi connectivity index (χ0n) is 19.0. The molecule has 168 valence electrons. The van der Waals surface area contributed by atoms with Crippen molar-refractivity contribution in [1.29, 1.82) is 0 Å². The SMILES string of the molecule is CCC(=O)N1CCN([C@@H](Cc2ccccc2)CN2CC[C@@H](C)[C@H]2C(C)=O)C(=O)C12CC2. The van der Waals surface area contributed by atoms with Crippen LogP contribution in [-0.2, 0) is 20.8 Å². The van der Waals surface area contributed by atoms with Crippen LogP contribution >= 0.6 is 0 Å². The van der Waals surface area contributed by atoms with Gasteiger partial charge in [-0.25, -0.2) is 0 Å². The minimum Gasteiger partial charge on any atom is -0.334 e. The highest BCUT2D eigenvalue weighted by molar-refractivity contribution is 5.95. The summed E-state index contributed by atoms with van der Waals surface area (Å²) in [5, 5.41) is 0. The van der Waals surface area contributed by atoms with E-state index in [2.05, 4.69) is 24.0 Å². The van der Waals surface area contributed by atoms with E-state index in [0.717, 1.165) is 32.2 Å². The molecular formula is C25H35N3O3. The summed E-state index contributed by atoms with van der Waals surface area (Å²) < 4.78 is 0. The summed E-state index contributed by atoms with van der Waals surface area (Å²) in [5.74, 6) is 0.745. The summed E-state index contributed by atoms with van der Waals surface area (Å²) in [7, 11) is 0. The van der Waals surface area contributed by atoms with Crippen molar-refractivity contribution >= 4 is 17.6 Å². The number of rotatable bonds is 7. The van der Waals surface area contributed by atoms with Gasteiger partial charge in [0.2, 0.25) is 11.8 Å². The van der Waals surface area contributed by atoms with Crippen LogP contribution in [0.5, 0.6) is 0 Å². The summed E-state index contributed by atoms with van der Waals surface area (Å²) in [5.41, 5.74) is 0.585. The van der Waals surface area contributed by atoms with Crippen molar-refractivity contribution in [3.63, 3.8) is 0 Å². The molecule has 0 aromatic heterocycles. The number of Topliss-reactive ketones (excluding diaryl/α,β-unsaturated/α-hetero) is 1. The quantitative estimate of drug-likeness (QED) is 0.674. The van der Waals surface area contributed by atoms with Crippen molar-refractivity contribution in [2.45, 2.75) is 70.5 Å². The number of carbonyl (C=O) groups excluding carboxylic acids is 3. The first kappa shape index (κ1) is 22.0. The van der Waals surface area contributed by atoms with Crippen LogP contribution in [0.4, 0.5) is 0 Å². The van der Waals surface area contributed by atoms with Gasteiger partial charge in [0, 0.05) is 32.1 Å². The van der Waals surface area contributed by atoms with Gasteiger partial charge in [-0.3, -0.25) is 19.3 Å². The molecule has 1 aromatic rings. The Labute approximate surface area is 185 Å². The van der Waals surface area contributed by atoms with Crippen LogP contribution in [-0.4, -0.2) is 76.1 Å². The molecule has 3 atom stereocenters. The largest absolute Gasteiger partial charge is 0.334 e. The summed E-state index contributed by atoms with van der Waals surface area (Å²) in [6.07, 6.45) is 3.75. The molecule has 6 nitrogen and oxygen atoms in total. The molecular weight excluding hydrogens is 390 g/mol. The van der Waals surface area contributed by atoms with Gasteiger partial charge in [0.15, 0.2) is 0 Å². The molecule has 0 N–H and O–H groups in total. The molecule has 1 saturated carbocycles. The van der Waals surface area contributed by atoms with Gasteiger partial charge < -0.3 is 9.80 Å². The van der Waals surface area contributed by atoms with Crippen LogP contribution in [0.1, 0.15) is 52.0 Å². The van der Waals surface area contributed by atoms with Crippen LogP contribution in [0.15, 0.2) is 30.3 Å².